The highest BCUT2D eigenvalue weighted by atomic mass is 16.5. The van der Waals surface area contributed by atoms with Gasteiger partial charge in [-0.05, 0) is 42.7 Å². The Kier molecular flexibility index (Phi) is 5.26. The van der Waals surface area contributed by atoms with E-state index in [0.717, 1.165) is 16.7 Å². The van der Waals surface area contributed by atoms with E-state index in [4.69, 9.17) is 4.74 Å². The second-order valence-corrected chi connectivity index (χ2v) is 6.79. The molecule has 1 N–H and O–H groups in total. The summed E-state index contributed by atoms with van der Waals surface area (Å²) in [7, 11) is 1.57. The number of methoxy groups -OCH3 is 1. The summed E-state index contributed by atoms with van der Waals surface area (Å²) in [4.78, 5) is 26.8. The van der Waals surface area contributed by atoms with Crippen molar-refractivity contribution in [2.75, 3.05) is 19.0 Å². The van der Waals surface area contributed by atoms with Crippen molar-refractivity contribution in [2.24, 2.45) is 5.92 Å². The summed E-state index contributed by atoms with van der Waals surface area (Å²) in [5, 5.41) is 2.92. The summed E-state index contributed by atoms with van der Waals surface area (Å²) in [5.74, 6) is 0.140. The smallest absolute Gasteiger partial charge is 0.229 e. The summed E-state index contributed by atoms with van der Waals surface area (Å²) < 4.78 is 5.31. The quantitative estimate of drug-likeness (QED) is 0.898. The highest BCUT2D eigenvalue weighted by molar-refractivity contribution is 5.98. The van der Waals surface area contributed by atoms with Crippen LogP contribution in [-0.2, 0) is 16.1 Å². The lowest BCUT2D eigenvalue weighted by atomic mass is 10.1. The Hall–Kier alpha value is -2.82. The summed E-state index contributed by atoms with van der Waals surface area (Å²) in [6.45, 7) is 4.97. The van der Waals surface area contributed by atoms with Gasteiger partial charge in [0, 0.05) is 19.5 Å². The molecular weight excluding hydrogens is 328 g/mol. The minimum absolute atomic E-state index is 0.0182. The predicted octanol–water partition coefficient (Wildman–Crippen LogP) is 3.30. The number of amides is 2. The number of hydrogen-bond acceptors (Lipinski definition) is 3. The molecule has 0 bridgehead atoms. The van der Waals surface area contributed by atoms with Crippen molar-refractivity contribution in [3.8, 4) is 5.75 Å². The van der Waals surface area contributed by atoms with Gasteiger partial charge in [0.05, 0.1) is 18.7 Å². The van der Waals surface area contributed by atoms with Crippen molar-refractivity contribution in [3.05, 3.63) is 59.2 Å². The molecule has 1 fully saturated rings. The number of nitrogens with one attached hydrogen (secondary N) is 1. The summed E-state index contributed by atoms with van der Waals surface area (Å²) in [6.07, 6.45) is 0.242. The molecule has 1 heterocycles. The Morgan fingerprint density at radius 1 is 1.23 bits per heavy atom. The molecule has 2 aromatic rings. The van der Waals surface area contributed by atoms with Gasteiger partial charge in [-0.15, -0.1) is 0 Å². The number of likely N-dealkylation sites (tertiary alicyclic amines) is 1. The first-order valence-corrected chi connectivity index (χ1v) is 8.75. The number of ether oxygens (including phenoxy) is 1. The van der Waals surface area contributed by atoms with Crippen molar-refractivity contribution >= 4 is 17.5 Å². The lowest BCUT2D eigenvalue weighted by Crippen LogP contribution is -2.28. The van der Waals surface area contributed by atoms with Gasteiger partial charge in [-0.3, -0.25) is 9.59 Å². The van der Waals surface area contributed by atoms with E-state index >= 15 is 0 Å². The van der Waals surface area contributed by atoms with Crippen LogP contribution < -0.4 is 10.1 Å². The Morgan fingerprint density at radius 3 is 2.73 bits per heavy atom. The Labute approximate surface area is 154 Å². The largest absolute Gasteiger partial charge is 0.495 e. The van der Waals surface area contributed by atoms with Crippen molar-refractivity contribution in [1.82, 2.24) is 4.90 Å². The van der Waals surface area contributed by atoms with E-state index in [0.29, 0.717) is 24.5 Å². The molecule has 5 heteroatoms. The van der Waals surface area contributed by atoms with Crippen molar-refractivity contribution in [3.63, 3.8) is 0 Å². The molecule has 2 amide bonds. The molecule has 1 aliphatic rings. The van der Waals surface area contributed by atoms with Gasteiger partial charge >= 0.3 is 0 Å². The van der Waals surface area contributed by atoms with Crippen LogP contribution in [0.5, 0.6) is 5.75 Å². The highest BCUT2D eigenvalue weighted by Gasteiger charge is 2.34. The van der Waals surface area contributed by atoms with Crippen molar-refractivity contribution in [2.45, 2.75) is 26.8 Å². The molecule has 0 aliphatic carbocycles. The van der Waals surface area contributed by atoms with E-state index in [-0.39, 0.29) is 24.2 Å². The number of carbonyl (C=O) groups is 2. The molecule has 136 valence electrons. The van der Waals surface area contributed by atoms with Gasteiger partial charge in [-0.25, -0.2) is 0 Å². The monoisotopic (exact) mass is 352 g/mol. The summed E-state index contributed by atoms with van der Waals surface area (Å²) in [6, 6.07) is 13.6. The maximum atomic E-state index is 12.7. The topological polar surface area (TPSA) is 58.6 Å². The van der Waals surface area contributed by atoms with E-state index < -0.39 is 0 Å². The van der Waals surface area contributed by atoms with Crippen LogP contribution in [0.15, 0.2) is 42.5 Å². The molecule has 3 rings (SSSR count). The normalized spacial score (nSPS) is 16.7. The zero-order valence-electron chi connectivity index (χ0n) is 15.4. The first-order chi connectivity index (χ1) is 12.5. The Morgan fingerprint density at radius 2 is 2.00 bits per heavy atom. The van der Waals surface area contributed by atoms with Crippen molar-refractivity contribution in [1.29, 1.82) is 0 Å². The third-order valence-corrected chi connectivity index (χ3v) is 4.82. The van der Waals surface area contributed by atoms with Crippen LogP contribution >= 0.6 is 0 Å². The number of benzene rings is 2. The molecule has 5 nitrogen and oxygen atoms in total. The Bertz CT molecular complexity index is 832. The minimum atomic E-state index is -0.350. The molecule has 2 aromatic carbocycles. The van der Waals surface area contributed by atoms with Gasteiger partial charge in [0.1, 0.15) is 5.75 Å². The fourth-order valence-corrected chi connectivity index (χ4v) is 3.25. The average molecular weight is 352 g/mol. The molecule has 1 atom stereocenters. The lowest BCUT2D eigenvalue weighted by Gasteiger charge is -2.18. The fraction of sp³-hybridized carbons (Fsp3) is 0.333. The maximum Gasteiger partial charge on any atom is 0.229 e. The zero-order valence-corrected chi connectivity index (χ0v) is 15.4. The molecule has 0 radical (unpaired) electrons. The van der Waals surface area contributed by atoms with E-state index in [1.807, 2.05) is 56.3 Å². The Balaban J connectivity index is 1.68. The third kappa shape index (κ3) is 3.87. The number of hydrogen-bond donors (Lipinski definition) is 1. The van der Waals surface area contributed by atoms with Gasteiger partial charge in [0.25, 0.3) is 0 Å². The van der Waals surface area contributed by atoms with Crippen molar-refractivity contribution < 1.29 is 14.3 Å². The first kappa shape index (κ1) is 18.0. The fourth-order valence-electron chi connectivity index (χ4n) is 3.25. The summed E-state index contributed by atoms with van der Waals surface area (Å²) in [5.41, 5.74) is 3.94. The predicted molar refractivity (Wildman–Crippen MR) is 101 cm³/mol. The molecule has 1 saturated heterocycles. The van der Waals surface area contributed by atoms with E-state index in [1.165, 1.54) is 0 Å². The average Bonchev–Trinajstić information content (AvgIpc) is 2.98. The van der Waals surface area contributed by atoms with Crippen LogP contribution in [0.1, 0.15) is 23.1 Å². The summed E-state index contributed by atoms with van der Waals surface area (Å²) >= 11 is 0. The highest BCUT2D eigenvalue weighted by Crippen LogP contribution is 2.28. The lowest BCUT2D eigenvalue weighted by molar-refractivity contribution is -0.128. The van der Waals surface area contributed by atoms with E-state index in [9.17, 15) is 9.59 Å². The van der Waals surface area contributed by atoms with E-state index in [1.54, 1.807) is 12.0 Å². The van der Waals surface area contributed by atoms with Crippen LogP contribution in [0.3, 0.4) is 0 Å². The number of carbonyl (C=O) groups excluding carboxylic acids is 2. The van der Waals surface area contributed by atoms with Gasteiger partial charge in [-0.1, -0.05) is 30.3 Å². The standard InChI is InChI=1S/C21H24N2O3/c1-14-8-9-19(26-3)18(10-14)22-21(25)17-11-20(24)23(13-17)12-16-7-5-4-6-15(16)2/h4-10,17H,11-13H2,1-3H3,(H,22,25). The maximum absolute atomic E-state index is 12.7. The minimum Gasteiger partial charge on any atom is -0.495 e. The van der Waals surface area contributed by atoms with Crippen LogP contribution in [0.25, 0.3) is 0 Å². The van der Waals surface area contributed by atoms with E-state index in [2.05, 4.69) is 5.32 Å². The number of anilines is 1. The number of aryl methyl sites for hydroxylation is 2. The molecule has 0 spiro atoms. The van der Waals surface area contributed by atoms with Gasteiger partial charge in [0.15, 0.2) is 0 Å². The molecule has 0 aromatic heterocycles. The SMILES string of the molecule is COc1ccc(C)cc1NC(=O)C1CC(=O)N(Cc2ccccc2C)C1. The number of rotatable bonds is 5. The molecule has 1 unspecified atom stereocenters. The van der Waals surface area contributed by atoms with Crippen LogP contribution in [-0.4, -0.2) is 30.4 Å². The van der Waals surface area contributed by atoms with Crippen LogP contribution in [0.2, 0.25) is 0 Å². The molecule has 0 saturated carbocycles. The van der Waals surface area contributed by atoms with Gasteiger partial charge in [-0.2, -0.15) is 0 Å². The van der Waals surface area contributed by atoms with Gasteiger partial charge < -0.3 is 15.0 Å². The second kappa shape index (κ2) is 7.60. The molecule has 1 aliphatic heterocycles. The van der Waals surface area contributed by atoms with Crippen LogP contribution in [0.4, 0.5) is 5.69 Å². The second-order valence-electron chi connectivity index (χ2n) is 6.79. The van der Waals surface area contributed by atoms with Gasteiger partial charge in [0.2, 0.25) is 11.8 Å². The van der Waals surface area contributed by atoms with Crippen LogP contribution in [0, 0.1) is 19.8 Å². The molecule has 26 heavy (non-hydrogen) atoms. The molecular formula is C21H24N2O3. The third-order valence-electron chi connectivity index (χ3n) is 4.82. The first-order valence-electron chi connectivity index (χ1n) is 8.75. The number of nitrogens with zero attached hydrogens (tertiary/aromatic N) is 1. The zero-order chi connectivity index (χ0) is 18.7.